The van der Waals surface area contributed by atoms with Crippen molar-refractivity contribution in [1.82, 2.24) is 14.7 Å². The first-order valence-electron chi connectivity index (χ1n) is 10.7. The molecule has 7 nitrogen and oxygen atoms in total. The molecule has 0 aromatic heterocycles. The number of benzene rings is 2. The van der Waals surface area contributed by atoms with Crippen LogP contribution < -0.4 is 5.32 Å². The lowest BCUT2D eigenvalue weighted by Gasteiger charge is -2.42. The maximum absolute atomic E-state index is 13.8. The molecule has 0 saturated carbocycles. The Kier molecular flexibility index (Phi) is 6.52. The van der Waals surface area contributed by atoms with Crippen LogP contribution in [0.2, 0.25) is 0 Å². The predicted molar refractivity (Wildman–Crippen MR) is 114 cm³/mol. The molecule has 0 aliphatic carbocycles. The van der Waals surface area contributed by atoms with Gasteiger partial charge in [0, 0.05) is 44.8 Å². The SMILES string of the molecule is O=C(Nc1ccc(F)cc1F)N1CCC(N2CCN(Cc3ccc(F)cc3)C(=O)C2=O)CC1. The average Bonchev–Trinajstić information content (AvgIpc) is 2.80. The van der Waals surface area contributed by atoms with Crippen LogP contribution in [0.1, 0.15) is 18.4 Å². The summed E-state index contributed by atoms with van der Waals surface area (Å²) in [6.07, 6.45) is 0.965. The number of amides is 4. The second kappa shape index (κ2) is 9.51. The fourth-order valence-corrected chi connectivity index (χ4v) is 4.16. The highest BCUT2D eigenvalue weighted by Crippen LogP contribution is 2.22. The Morgan fingerprint density at radius 3 is 2.21 bits per heavy atom. The van der Waals surface area contributed by atoms with Gasteiger partial charge < -0.3 is 20.0 Å². The molecule has 10 heteroatoms. The summed E-state index contributed by atoms with van der Waals surface area (Å²) in [4.78, 5) is 42.2. The first-order valence-corrected chi connectivity index (χ1v) is 10.7. The zero-order chi connectivity index (χ0) is 23.5. The van der Waals surface area contributed by atoms with E-state index in [9.17, 15) is 27.6 Å². The van der Waals surface area contributed by atoms with Crippen LogP contribution in [0.15, 0.2) is 42.5 Å². The molecule has 2 aliphatic rings. The van der Waals surface area contributed by atoms with Crippen LogP contribution in [0.5, 0.6) is 0 Å². The Labute approximate surface area is 188 Å². The van der Waals surface area contributed by atoms with Crippen molar-refractivity contribution in [2.75, 3.05) is 31.5 Å². The smallest absolute Gasteiger partial charge is 0.321 e. The third kappa shape index (κ3) is 5.10. The van der Waals surface area contributed by atoms with E-state index in [2.05, 4.69) is 5.32 Å². The Morgan fingerprint density at radius 2 is 1.55 bits per heavy atom. The van der Waals surface area contributed by atoms with E-state index >= 15 is 0 Å². The van der Waals surface area contributed by atoms with Gasteiger partial charge >= 0.3 is 17.8 Å². The van der Waals surface area contributed by atoms with E-state index in [4.69, 9.17) is 0 Å². The van der Waals surface area contributed by atoms with E-state index in [0.29, 0.717) is 45.1 Å². The Balaban J connectivity index is 1.29. The third-order valence-electron chi connectivity index (χ3n) is 5.99. The molecule has 0 unspecified atom stereocenters. The summed E-state index contributed by atoms with van der Waals surface area (Å²) < 4.78 is 39.9. The third-order valence-corrected chi connectivity index (χ3v) is 5.99. The molecule has 4 amide bonds. The molecule has 174 valence electrons. The van der Waals surface area contributed by atoms with Crippen LogP contribution in [0, 0.1) is 17.5 Å². The fraction of sp³-hybridized carbons (Fsp3) is 0.348. The summed E-state index contributed by atoms with van der Waals surface area (Å²) in [5, 5.41) is 2.43. The Hall–Kier alpha value is -3.56. The lowest BCUT2D eigenvalue weighted by atomic mass is 10.0. The van der Waals surface area contributed by atoms with E-state index in [1.807, 2.05) is 0 Å². The van der Waals surface area contributed by atoms with Crippen molar-refractivity contribution in [2.24, 2.45) is 0 Å². The fourth-order valence-electron chi connectivity index (χ4n) is 4.16. The highest BCUT2D eigenvalue weighted by atomic mass is 19.1. The number of anilines is 1. The van der Waals surface area contributed by atoms with Gasteiger partial charge in [-0.05, 0) is 42.7 Å². The molecular weight excluding hydrogens is 437 g/mol. The standard InChI is InChI=1S/C23H23F3N4O3/c24-16-3-1-15(2-4-16)14-29-11-12-30(22(32)21(29)31)18-7-9-28(10-8-18)23(33)27-20-6-5-17(25)13-19(20)26/h1-6,13,18H,7-12,14H2,(H,27,33). The van der Waals surface area contributed by atoms with Gasteiger partial charge in [-0.1, -0.05) is 12.1 Å². The van der Waals surface area contributed by atoms with Gasteiger partial charge in [0.15, 0.2) is 0 Å². The zero-order valence-electron chi connectivity index (χ0n) is 17.8. The van der Waals surface area contributed by atoms with Gasteiger partial charge in [0.2, 0.25) is 0 Å². The normalized spacial score (nSPS) is 17.5. The van der Waals surface area contributed by atoms with E-state index in [0.717, 1.165) is 17.7 Å². The van der Waals surface area contributed by atoms with Gasteiger partial charge in [0.1, 0.15) is 17.5 Å². The Bertz CT molecular complexity index is 1060. The van der Waals surface area contributed by atoms with Gasteiger partial charge in [-0.15, -0.1) is 0 Å². The highest BCUT2D eigenvalue weighted by molar-refractivity contribution is 6.35. The minimum atomic E-state index is -0.860. The molecule has 0 atom stereocenters. The first kappa shape index (κ1) is 22.6. The highest BCUT2D eigenvalue weighted by Gasteiger charge is 2.38. The summed E-state index contributed by atoms with van der Waals surface area (Å²) in [6.45, 7) is 1.64. The molecule has 2 heterocycles. The molecule has 0 bridgehead atoms. The predicted octanol–water partition coefficient (Wildman–Crippen LogP) is 2.97. The number of piperidine rings is 1. The van der Waals surface area contributed by atoms with Crippen LogP contribution in [0.4, 0.5) is 23.7 Å². The quantitative estimate of drug-likeness (QED) is 0.714. The van der Waals surface area contributed by atoms with Crippen molar-refractivity contribution in [3.8, 4) is 0 Å². The van der Waals surface area contributed by atoms with Gasteiger partial charge in [0.25, 0.3) is 0 Å². The molecule has 2 saturated heterocycles. The number of carbonyl (C=O) groups excluding carboxylic acids is 3. The number of hydrogen-bond donors (Lipinski definition) is 1. The molecule has 33 heavy (non-hydrogen) atoms. The molecule has 0 radical (unpaired) electrons. The first-order chi connectivity index (χ1) is 15.8. The number of urea groups is 1. The molecule has 0 spiro atoms. The van der Waals surface area contributed by atoms with E-state index < -0.39 is 29.5 Å². The zero-order valence-corrected chi connectivity index (χ0v) is 17.8. The molecule has 2 aromatic rings. The number of piperazine rings is 1. The largest absolute Gasteiger partial charge is 0.330 e. The second-order valence-electron chi connectivity index (χ2n) is 8.12. The number of halogens is 3. The molecule has 4 rings (SSSR count). The van der Waals surface area contributed by atoms with Crippen LogP contribution in [-0.4, -0.2) is 64.8 Å². The van der Waals surface area contributed by atoms with Crippen LogP contribution in [-0.2, 0) is 16.1 Å². The summed E-state index contributed by atoms with van der Waals surface area (Å²) in [6, 6.07) is 8.01. The van der Waals surface area contributed by atoms with E-state index in [1.165, 1.54) is 21.9 Å². The molecular formula is C23H23F3N4O3. The monoisotopic (exact) mass is 460 g/mol. The number of nitrogens with one attached hydrogen (secondary N) is 1. The molecule has 2 aliphatic heterocycles. The van der Waals surface area contributed by atoms with Crippen molar-refractivity contribution in [3.05, 3.63) is 65.5 Å². The van der Waals surface area contributed by atoms with Gasteiger partial charge in [-0.2, -0.15) is 0 Å². The minimum absolute atomic E-state index is 0.110. The lowest BCUT2D eigenvalue weighted by molar-refractivity contribution is -0.158. The van der Waals surface area contributed by atoms with E-state index in [-0.39, 0.29) is 24.1 Å². The number of carbonyl (C=O) groups is 3. The van der Waals surface area contributed by atoms with E-state index in [1.54, 1.807) is 17.0 Å². The topological polar surface area (TPSA) is 73.0 Å². The molecule has 1 N–H and O–H groups in total. The van der Waals surface area contributed by atoms with Crippen molar-refractivity contribution in [2.45, 2.75) is 25.4 Å². The molecule has 2 aromatic carbocycles. The van der Waals surface area contributed by atoms with Crippen molar-refractivity contribution >= 4 is 23.5 Å². The second-order valence-corrected chi connectivity index (χ2v) is 8.12. The lowest BCUT2D eigenvalue weighted by Crippen LogP contribution is -2.59. The average molecular weight is 460 g/mol. The minimum Gasteiger partial charge on any atom is -0.330 e. The summed E-state index contributed by atoms with van der Waals surface area (Å²) in [5.41, 5.74) is 0.629. The summed E-state index contributed by atoms with van der Waals surface area (Å²) in [7, 11) is 0. The summed E-state index contributed by atoms with van der Waals surface area (Å²) >= 11 is 0. The molecule has 2 fully saturated rings. The number of hydrogen-bond acceptors (Lipinski definition) is 3. The van der Waals surface area contributed by atoms with Gasteiger partial charge in [-0.25, -0.2) is 18.0 Å². The number of likely N-dealkylation sites (tertiary alicyclic amines) is 1. The van der Waals surface area contributed by atoms with Crippen molar-refractivity contribution in [1.29, 1.82) is 0 Å². The van der Waals surface area contributed by atoms with Crippen molar-refractivity contribution in [3.63, 3.8) is 0 Å². The van der Waals surface area contributed by atoms with Crippen LogP contribution >= 0.6 is 0 Å². The van der Waals surface area contributed by atoms with Crippen LogP contribution in [0.3, 0.4) is 0 Å². The number of rotatable bonds is 4. The number of nitrogens with zero attached hydrogens (tertiary/aromatic N) is 3. The maximum Gasteiger partial charge on any atom is 0.321 e. The van der Waals surface area contributed by atoms with Gasteiger partial charge in [0.05, 0.1) is 5.69 Å². The van der Waals surface area contributed by atoms with Crippen LogP contribution in [0.25, 0.3) is 0 Å². The van der Waals surface area contributed by atoms with Gasteiger partial charge in [-0.3, -0.25) is 9.59 Å². The van der Waals surface area contributed by atoms with Crippen molar-refractivity contribution < 1.29 is 27.6 Å². The maximum atomic E-state index is 13.8. The Morgan fingerprint density at radius 1 is 0.879 bits per heavy atom. The summed E-state index contributed by atoms with van der Waals surface area (Å²) in [5.74, 6) is -3.14.